The summed E-state index contributed by atoms with van der Waals surface area (Å²) in [6, 6.07) is 7.77. The van der Waals surface area contributed by atoms with Crippen LogP contribution in [0.2, 0.25) is 0 Å². The highest BCUT2D eigenvalue weighted by atomic mass is 19.2. The molecule has 0 bridgehead atoms. The topological polar surface area (TPSA) is 9.23 Å². The standard InChI is InChI=1S/C22H25F3O/c1-3-5-14-6-9-18(20(23)12-14)19-11-10-17(21(24)22(19)25)15-7-8-16(4-2)26-13-15/h6,9-12,15-16H,3-5,7-8,13H2,1-2H3. The molecule has 2 aromatic carbocycles. The molecule has 0 saturated carbocycles. The maximum atomic E-state index is 14.7. The monoisotopic (exact) mass is 362 g/mol. The van der Waals surface area contributed by atoms with Gasteiger partial charge in [-0.2, -0.15) is 0 Å². The summed E-state index contributed by atoms with van der Waals surface area (Å²) in [5.41, 5.74) is 1.24. The summed E-state index contributed by atoms with van der Waals surface area (Å²) < 4.78 is 49.5. The minimum atomic E-state index is -0.984. The molecule has 0 aliphatic carbocycles. The van der Waals surface area contributed by atoms with E-state index in [4.69, 9.17) is 4.74 Å². The molecule has 1 nitrogen and oxygen atoms in total. The van der Waals surface area contributed by atoms with E-state index < -0.39 is 17.5 Å². The minimum absolute atomic E-state index is 0.0324. The van der Waals surface area contributed by atoms with Gasteiger partial charge in [-0.1, -0.05) is 44.5 Å². The molecule has 140 valence electrons. The Hall–Kier alpha value is -1.81. The van der Waals surface area contributed by atoms with Crippen LogP contribution in [0.25, 0.3) is 11.1 Å². The van der Waals surface area contributed by atoms with Crippen LogP contribution in [0.1, 0.15) is 56.6 Å². The first-order valence-corrected chi connectivity index (χ1v) is 9.43. The Balaban J connectivity index is 1.88. The third kappa shape index (κ3) is 3.80. The number of hydrogen-bond acceptors (Lipinski definition) is 1. The molecule has 2 aromatic rings. The van der Waals surface area contributed by atoms with Crippen molar-refractivity contribution in [1.82, 2.24) is 0 Å². The molecule has 26 heavy (non-hydrogen) atoms. The summed E-state index contributed by atoms with van der Waals surface area (Å²) in [6.45, 7) is 4.46. The molecular formula is C22H25F3O. The summed E-state index contributed by atoms with van der Waals surface area (Å²) in [7, 11) is 0. The molecule has 1 aliphatic heterocycles. The molecule has 0 radical (unpaired) electrons. The molecule has 1 heterocycles. The van der Waals surface area contributed by atoms with Crippen molar-refractivity contribution < 1.29 is 17.9 Å². The maximum absolute atomic E-state index is 14.7. The van der Waals surface area contributed by atoms with E-state index in [1.807, 2.05) is 6.92 Å². The number of aryl methyl sites for hydroxylation is 1. The van der Waals surface area contributed by atoms with Crippen LogP contribution in [-0.4, -0.2) is 12.7 Å². The van der Waals surface area contributed by atoms with Crippen molar-refractivity contribution in [3.8, 4) is 11.1 Å². The number of hydrogen-bond donors (Lipinski definition) is 0. The smallest absolute Gasteiger partial charge is 0.167 e. The fraction of sp³-hybridized carbons (Fsp3) is 0.455. The highest BCUT2D eigenvalue weighted by Gasteiger charge is 2.26. The van der Waals surface area contributed by atoms with E-state index in [2.05, 4.69) is 6.92 Å². The Kier molecular flexibility index (Phi) is 6.02. The first-order chi connectivity index (χ1) is 12.5. The van der Waals surface area contributed by atoms with Crippen LogP contribution >= 0.6 is 0 Å². The van der Waals surface area contributed by atoms with E-state index in [-0.39, 0.29) is 23.1 Å². The molecule has 2 atom stereocenters. The fourth-order valence-electron chi connectivity index (χ4n) is 3.68. The van der Waals surface area contributed by atoms with Gasteiger partial charge in [0.25, 0.3) is 0 Å². The van der Waals surface area contributed by atoms with E-state index in [0.29, 0.717) is 12.2 Å². The lowest BCUT2D eigenvalue weighted by Gasteiger charge is -2.29. The average Bonchev–Trinajstić information content (AvgIpc) is 2.65. The Morgan fingerprint density at radius 3 is 2.35 bits per heavy atom. The van der Waals surface area contributed by atoms with Crippen LogP contribution in [0.4, 0.5) is 13.2 Å². The summed E-state index contributed by atoms with van der Waals surface area (Å²) >= 11 is 0. The largest absolute Gasteiger partial charge is 0.378 e. The fourth-order valence-corrected chi connectivity index (χ4v) is 3.68. The second-order valence-corrected chi connectivity index (χ2v) is 7.03. The normalized spacial score (nSPS) is 20.3. The van der Waals surface area contributed by atoms with Gasteiger partial charge in [-0.3, -0.25) is 0 Å². The van der Waals surface area contributed by atoms with Gasteiger partial charge < -0.3 is 4.74 Å². The van der Waals surface area contributed by atoms with Gasteiger partial charge in [0.2, 0.25) is 0 Å². The highest BCUT2D eigenvalue weighted by molar-refractivity contribution is 5.66. The average molecular weight is 362 g/mol. The van der Waals surface area contributed by atoms with E-state index in [1.165, 1.54) is 18.2 Å². The lowest BCUT2D eigenvalue weighted by Crippen LogP contribution is -2.24. The predicted molar refractivity (Wildman–Crippen MR) is 97.8 cm³/mol. The number of rotatable bonds is 5. The van der Waals surface area contributed by atoms with Gasteiger partial charge in [0.05, 0.1) is 12.7 Å². The number of halogens is 3. The molecule has 4 heteroatoms. The third-order valence-electron chi connectivity index (χ3n) is 5.24. The molecule has 1 fully saturated rings. The number of benzene rings is 2. The molecule has 1 saturated heterocycles. The summed E-state index contributed by atoms with van der Waals surface area (Å²) in [5.74, 6) is -2.54. The Morgan fingerprint density at radius 2 is 1.73 bits per heavy atom. The van der Waals surface area contributed by atoms with Crippen molar-refractivity contribution in [1.29, 1.82) is 0 Å². The molecule has 0 aromatic heterocycles. The van der Waals surface area contributed by atoms with Crippen molar-refractivity contribution in [2.75, 3.05) is 6.61 Å². The first-order valence-electron chi connectivity index (χ1n) is 9.43. The van der Waals surface area contributed by atoms with Crippen LogP contribution in [0.3, 0.4) is 0 Å². The van der Waals surface area contributed by atoms with Gasteiger partial charge >= 0.3 is 0 Å². The Bertz CT molecular complexity index is 764. The maximum Gasteiger partial charge on any atom is 0.167 e. The number of ether oxygens (including phenoxy) is 1. The minimum Gasteiger partial charge on any atom is -0.378 e. The molecule has 0 spiro atoms. The van der Waals surface area contributed by atoms with Crippen LogP contribution in [0.5, 0.6) is 0 Å². The van der Waals surface area contributed by atoms with Crippen LogP contribution in [0, 0.1) is 17.5 Å². The molecule has 3 rings (SSSR count). The second-order valence-electron chi connectivity index (χ2n) is 7.03. The van der Waals surface area contributed by atoms with Gasteiger partial charge in [-0.15, -0.1) is 0 Å². The highest BCUT2D eigenvalue weighted by Crippen LogP contribution is 2.35. The van der Waals surface area contributed by atoms with Crippen molar-refractivity contribution in [3.63, 3.8) is 0 Å². The van der Waals surface area contributed by atoms with Crippen molar-refractivity contribution in [2.45, 2.75) is 58.0 Å². The van der Waals surface area contributed by atoms with Crippen LogP contribution in [-0.2, 0) is 11.2 Å². The SMILES string of the molecule is CCCc1ccc(-c2ccc(C3CCC(CC)OC3)c(F)c2F)c(F)c1. The van der Waals surface area contributed by atoms with E-state index in [9.17, 15) is 13.2 Å². The van der Waals surface area contributed by atoms with Crippen molar-refractivity contribution in [3.05, 3.63) is 58.9 Å². The van der Waals surface area contributed by atoms with Gasteiger partial charge in [0.15, 0.2) is 11.6 Å². The second kappa shape index (κ2) is 8.26. The Labute approximate surface area is 153 Å². The summed E-state index contributed by atoms with van der Waals surface area (Å²) in [6.07, 6.45) is 4.41. The van der Waals surface area contributed by atoms with Crippen LogP contribution in [0.15, 0.2) is 30.3 Å². The molecule has 0 N–H and O–H groups in total. The molecular weight excluding hydrogens is 337 g/mol. The van der Waals surface area contributed by atoms with E-state index in [0.717, 1.165) is 37.7 Å². The zero-order valence-corrected chi connectivity index (χ0v) is 15.3. The van der Waals surface area contributed by atoms with E-state index in [1.54, 1.807) is 12.1 Å². The first kappa shape index (κ1) is 19.0. The lowest BCUT2D eigenvalue weighted by molar-refractivity contribution is 0.00131. The predicted octanol–water partition coefficient (Wildman–Crippen LogP) is 6.40. The molecule has 1 aliphatic rings. The molecule has 2 unspecified atom stereocenters. The van der Waals surface area contributed by atoms with Gasteiger partial charge in [0.1, 0.15) is 5.82 Å². The molecule has 0 amide bonds. The third-order valence-corrected chi connectivity index (χ3v) is 5.24. The van der Waals surface area contributed by atoms with E-state index >= 15 is 0 Å². The van der Waals surface area contributed by atoms with Crippen LogP contribution < -0.4 is 0 Å². The zero-order chi connectivity index (χ0) is 18.7. The van der Waals surface area contributed by atoms with Crippen molar-refractivity contribution in [2.24, 2.45) is 0 Å². The summed E-state index contributed by atoms with van der Waals surface area (Å²) in [5, 5.41) is 0. The zero-order valence-electron chi connectivity index (χ0n) is 15.3. The summed E-state index contributed by atoms with van der Waals surface area (Å²) in [4.78, 5) is 0. The quantitative estimate of drug-likeness (QED) is 0.598. The lowest BCUT2D eigenvalue weighted by atomic mass is 9.89. The Morgan fingerprint density at radius 1 is 0.962 bits per heavy atom. The van der Waals surface area contributed by atoms with Gasteiger partial charge in [-0.25, -0.2) is 13.2 Å². The van der Waals surface area contributed by atoms with Gasteiger partial charge in [-0.05, 0) is 42.9 Å². The van der Waals surface area contributed by atoms with Crippen molar-refractivity contribution >= 4 is 0 Å². The van der Waals surface area contributed by atoms with Gasteiger partial charge in [0, 0.05) is 17.0 Å².